The fourth-order valence-electron chi connectivity index (χ4n) is 1.70. The van der Waals surface area contributed by atoms with Crippen LogP contribution in [-0.4, -0.2) is 0 Å². The van der Waals surface area contributed by atoms with Gasteiger partial charge in [0.25, 0.3) is 0 Å². The van der Waals surface area contributed by atoms with Crippen molar-refractivity contribution in [3.63, 3.8) is 0 Å². The van der Waals surface area contributed by atoms with E-state index in [0.29, 0.717) is 0 Å². The van der Waals surface area contributed by atoms with E-state index in [4.69, 9.17) is 4.74 Å². The standard InChI is InChI=1S/C15H12OS2/c1-11-4-6-12(7-5-11)16-13-8-10-18-15(13)14-3-2-9-17-14/h2-10H,1H3. The summed E-state index contributed by atoms with van der Waals surface area (Å²) in [7, 11) is 0. The highest BCUT2D eigenvalue weighted by molar-refractivity contribution is 7.20. The molecule has 0 saturated carbocycles. The second-order valence-electron chi connectivity index (χ2n) is 4.01. The third-order valence-electron chi connectivity index (χ3n) is 2.62. The van der Waals surface area contributed by atoms with Gasteiger partial charge in [-0.25, -0.2) is 0 Å². The molecule has 0 aliphatic heterocycles. The van der Waals surface area contributed by atoms with Gasteiger partial charge >= 0.3 is 0 Å². The minimum absolute atomic E-state index is 0.886. The number of hydrogen-bond acceptors (Lipinski definition) is 3. The highest BCUT2D eigenvalue weighted by Crippen LogP contribution is 2.40. The van der Waals surface area contributed by atoms with Gasteiger partial charge in [0.1, 0.15) is 11.5 Å². The Labute approximate surface area is 114 Å². The summed E-state index contributed by atoms with van der Waals surface area (Å²) in [5, 5.41) is 4.16. The van der Waals surface area contributed by atoms with Crippen molar-refractivity contribution in [3.05, 3.63) is 58.8 Å². The van der Waals surface area contributed by atoms with E-state index in [9.17, 15) is 0 Å². The number of hydrogen-bond donors (Lipinski definition) is 0. The molecule has 90 valence electrons. The molecule has 0 radical (unpaired) electrons. The molecule has 0 aliphatic carbocycles. The molecule has 0 saturated heterocycles. The average Bonchev–Trinajstić information content (AvgIpc) is 3.02. The lowest BCUT2D eigenvalue weighted by atomic mass is 10.2. The number of rotatable bonds is 3. The largest absolute Gasteiger partial charge is 0.456 e. The zero-order valence-corrected chi connectivity index (χ0v) is 11.6. The highest BCUT2D eigenvalue weighted by atomic mass is 32.1. The molecule has 1 aromatic carbocycles. The molecule has 3 heteroatoms. The van der Waals surface area contributed by atoms with E-state index in [1.165, 1.54) is 15.3 Å². The fourth-order valence-corrected chi connectivity index (χ4v) is 3.39. The third kappa shape index (κ3) is 2.33. The average molecular weight is 272 g/mol. The van der Waals surface area contributed by atoms with Gasteiger partial charge in [-0.05, 0) is 41.9 Å². The Hall–Kier alpha value is -1.58. The van der Waals surface area contributed by atoms with Crippen LogP contribution in [0.1, 0.15) is 5.56 Å². The normalized spacial score (nSPS) is 10.5. The van der Waals surface area contributed by atoms with Gasteiger partial charge in [-0.2, -0.15) is 0 Å². The minimum Gasteiger partial charge on any atom is -0.456 e. The van der Waals surface area contributed by atoms with Gasteiger partial charge in [-0.3, -0.25) is 0 Å². The van der Waals surface area contributed by atoms with Gasteiger partial charge in [0, 0.05) is 4.88 Å². The second kappa shape index (κ2) is 4.96. The molecule has 3 aromatic rings. The van der Waals surface area contributed by atoms with E-state index in [2.05, 4.69) is 41.9 Å². The van der Waals surface area contributed by atoms with Crippen LogP contribution in [0.3, 0.4) is 0 Å². The van der Waals surface area contributed by atoms with E-state index >= 15 is 0 Å². The summed E-state index contributed by atoms with van der Waals surface area (Å²) in [4.78, 5) is 2.46. The van der Waals surface area contributed by atoms with Crippen LogP contribution < -0.4 is 4.74 Å². The van der Waals surface area contributed by atoms with Crippen LogP contribution in [0.4, 0.5) is 0 Å². The molecular formula is C15H12OS2. The monoisotopic (exact) mass is 272 g/mol. The van der Waals surface area contributed by atoms with Crippen LogP contribution in [0.2, 0.25) is 0 Å². The Kier molecular flexibility index (Phi) is 3.17. The van der Waals surface area contributed by atoms with E-state index < -0.39 is 0 Å². The Balaban J connectivity index is 1.90. The van der Waals surface area contributed by atoms with E-state index in [1.54, 1.807) is 22.7 Å². The van der Waals surface area contributed by atoms with Crippen molar-refractivity contribution in [2.24, 2.45) is 0 Å². The quantitative estimate of drug-likeness (QED) is 0.605. The van der Waals surface area contributed by atoms with Crippen molar-refractivity contribution >= 4 is 22.7 Å². The summed E-state index contributed by atoms with van der Waals surface area (Å²) in [5.74, 6) is 1.82. The Morgan fingerprint density at radius 2 is 1.72 bits per heavy atom. The molecule has 18 heavy (non-hydrogen) atoms. The number of aryl methyl sites for hydroxylation is 1. The van der Waals surface area contributed by atoms with E-state index in [-0.39, 0.29) is 0 Å². The summed E-state index contributed by atoms with van der Waals surface area (Å²) in [5.41, 5.74) is 1.24. The Morgan fingerprint density at radius 1 is 0.889 bits per heavy atom. The van der Waals surface area contributed by atoms with E-state index in [1.807, 2.05) is 18.2 Å². The second-order valence-corrected chi connectivity index (χ2v) is 5.87. The zero-order valence-electron chi connectivity index (χ0n) is 9.92. The van der Waals surface area contributed by atoms with E-state index in [0.717, 1.165) is 11.5 Å². The smallest absolute Gasteiger partial charge is 0.146 e. The first-order valence-corrected chi connectivity index (χ1v) is 7.45. The van der Waals surface area contributed by atoms with Crippen LogP contribution in [0.5, 0.6) is 11.5 Å². The molecule has 0 amide bonds. The fraction of sp³-hybridized carbons (Fsp3) is 0.0667. The SMILES string of the molecule is Cc1ccc(Oc2ccsc2-c2cccs2)cc1. The lowest BCUT2D eigenvalue weighted by molar-refractivity contribution is 0.486. The zero-order chi connectivity index (χ0) is 12.4. The maximum Gasteiger partial charge on any atom is 0.146 e. The van der Waals surface area contributed by atoms with Crippen molar-refractivity contribution in [2.75, 3.05) is 0 Å². The van der Waals surface area contributed by atoms with Gasteiger partial charge < -0.3 is 4.74 Å². The van der Waals surface area contributed by atoms with Crippen molar-refractivity contribution in [2.45, 2.75) is 6.92 Å². The molecule has 0 fully saturated rings. The van der Waals surface area contributed by atoms with Crippen molar-refractivity contribution in [1.29, 1.82) is 0 Å². The number of thiophene rings is 2. The molecule has 0 unspecified atom stereocenters. The molecule has 0 aliphatic rings. The van der Waals surface area contributed by atoms with Gasteiger partial charge in [0.2, 0.25) is 0 Å². The van der Waals surface area contributed by atoms with Crippen LogP contribution in [0.15, 0.2) is 53.2 Å². The molecular weight excluding hydrogens is 260 g/mol. The molecule has 1 nitrogen and oxygen atoms in total. The van der Waals surface area contributed by atoms with Crippen LogP contribution in [-0.2, 0) is 0 Å². The van der Waals surface area contributed by atoms with Crippen molar-refractivity contribution < 1.29 is 4.74 Å². The molecule has 2 heterocycles. The third-order valence-corrected chi connectivity index (χ3v) is 4.57. The van der Waals surface area contributed by atoms with Crippen molar-refractivity contribution in [3.8, 4) is 21.3 Å². The summed E-state index contributed by atoms with van der Waals surface area (Å²) < 4.78 is 5.95. The molecule has 0 bridgehead atoms. The first-order chi connectivity index (χ1) is 8.83. The van der Waals surface area contributed by atoms with Crippen LogP contribution >= 0.6 is 22.7 Å². The molecule has 3 rings (SSSR count). The minimum atomic E-state index is 0.886. The summed E-state index contributed by atoms with van der Waals surface area (Å²) in [6.07, 6.45) is 0. The van der Waals surface area contributed by atoms with Crippen LogP contribution in [0.25, 0.3) is 9.75 Å². The van der Waals surface area contributed by atoms with Gasteiger partial charge in [-0.1, -0.05) is 23.8 Å². The topological polar surface area (TPSA) is 9.23 Å². The molecule has 0 spiro atoms. The molecule has 0 N–H and O–H groups in total. The number of ether oxygens (including phenoxy) is 1. The van der Waals surface area contributed by atoms with Crippen molar-refractivity contribution in [1.82, 2.24) is 0 Å². The number of benzene rings is 1. The van der Waals surface area contributed by atoms with Crippen LogP contribution in [0, 0.1) is 6.92 Å². The first kappa shape index (κ1) is 11.5. The Morgan fingerprint density at radius 3 is 2.44 bits per heavy atom. The molecule has 0 atom stereocenters. The lowest BCUT2D eigenvalue weighted by Crippen LogP contribution is -1.83. The highest BCUT2D eigenvalue weighted by Gasteiger charge is 2.09. The maximum absolute atomic E-state index is 5.95. The predicted octanol–water partition coefficient (Wildman–Crippen LogP) is 5.58. The summed E-state index contributed by atoms with van der Waals surface area (Å²) >= 11 is 3.45. The van der Waals surface area contributed by atoms with Gasteiger partial charge in [-0.15, -0.1) is 22.7 Å². The lowest BCUT2D eigenvalue weighted by Gasteiger charge is -2.06. The summed E-state index contributed by atoms with van der Waals surface area (Å²) in [6.45, 7) is 2.07. The van der Waals surface area contributed by atoms with Gasteiger partial charge in [0.05, 0.1) is 4.88 Å². The van der Waals surface area contributed by atoms with Gasteiger partial charge in [0.15, 0.2) is 0 Å². The Bertz CT molecular complexity index is 621. The maximum atomic E-state index is 5.95. The first-order valence-electron chi connectivity index (χ1n) is 5.69. The molecule has 2 aromatic heterocycles. The summed E-state index contributed by atoms with van der Waals surface area (Å²) in [6, 6.07) is 14.4. The predicted molar refractivity (Wildman–Crippen MR) is 78.9 cm³/mol.